The minimum Gasteiger partial charge on any atom is -0.493 e. The van der Waals surface area contributed by atoms with Gasteiger partial charge in [0.1, 0.15) is 12.3 Å². The van der Waals surface area contributed by atoms with Gasteiger partial charge in [-0.25, -0.2) is 9.69 Å². The zero-order valence-corrected chi connectivity index (χ0v) is 18.5. The summed E-state index contributed by atoms with van der Waals surface area (Å²) in [5.74, 6) is 0.530. The standard InChI is InChI=1S/C24H18Cl2N2O4/c1-31-22-12-15(9-10-21(22)32-14-16-5-2-3-8-19(16)26)11-20-23(29)28(24(30)27-20)18-7-4-6-17(25)13-18/h2-13H,14H2,1H3,(H,27,30)/b20-11+. The van der Waals surface area contributed by atoms with E-state index < -0.39 is 11.9 Å². The van der Waals surface area contributed by atoms with Crippen LogP contribution in [-0.4, -0.2) is 19.0 Å². The Kier molecular flexibility index (Phi) is 6.35. The third-order valence-corrected chi connectivity index (χ3v) is 5.39. The Morgan fingerprint density at radius 3 is 2.53 bits per heavy atom. The second-order valence-electron chi connectivity index (χ2n) is 6.90. The Labute approximate surface area is 195 Å². The van der Waals surface area contributed by atoms with Crippen molar-refractivity contribution in [3.63, 3.8) is 0 Å². The minimum atomic E-state index is -0.546. The highest BCUT2D eigenvalue weighted by atomic mass is 35.5. The highest BCUT2D eigenvalue weighted by molar-refractivity contribution is 6.32. The lowest BCUT2D eigenvalue weighted by atomic mass is 10.1. The molecule has 32 heavy (non-hydrogen) atoms. The Morgan fingerprint density at radius 2 is 1.78 bits per heavy atom. The average Bonchev–Trinajstić information content (AvgIpc) is 3.06. The Balaban J connectivity index is 1.54. The molecule has 0 saturated carbocycles. The van der Waals surface area contributed by atoms with Gasteiger partial charge in [-0.05, 0) is 48.0 Å². The molecule has 3 aromatic carbocycles. The Morgan fingerprint density at radius 1 is 0.969 bits per heavy atom. The molecule has 8 heteroatoms. The monoisotopic (exact) mass is 468 g/mol. The molecule has 0 atom stereocenters. The SMILES string of the molecule is COc1cc(/C=C2/NC(=O)N(c3cccc(Cl)c3)C2=O)ccc1OCc1ccccc1Cl. The van der Waals surface area contributed by atoms with Crippen molar-refractivity contribution in [1.82, 2.24) is 5.32 Å². The number of nitrogens with one attached hydrogen (secondary N) is 1. The number of ether oxygens (including phenoxy) is 2. The first-order valence-corrected chi connectivity index (χ1v) is 10.4. The van der Waals surface area contributed by atoms with Gasteiger partial charge in [-0.3, -0.25) is 4.79 Å². The molecule has 0 bridgehead atoms. The number of amides is 3. The number of benzene rings is 3. The second-order valence-corrected chi connectivity index (χ2v) is 7.74. The van der Waals surface area contributed by atoms with Crippen LogP contribution in [0.3, 0.4) is 0 Å². The fraction of sp³-hybridized carbons (Fsp3) is 0.0833. The van der Waals surface area contributed by atoms with Crippen LogP contribution in [0.5, 0.6) is 11.5 Å². The van der Waals surface area contributed by atoms with Crippen LogP contribution in [0, 0.1) is 0 Å². The van der Waals surface area contributed by atoms with E-state index in [1.165, 1.54) is 7.11 Å². The van der Waals surface area contributed by atoms with E-state index in [2.05, 4.69) is 5.32 Å². The zero-order valence-electron chi connectivity index (χ0n) is 17.0. The molecule has 0 aliphatic carbocycles. The lowest BCUT2D eigenvalue weighted by Crippen LogP contribution is -2.30. The first-order valence-electron chi connectivity index (χ1n) is 9.63. The fourth-order valence-electron chi connectivity index (χ4n) is 3.22. The van der Waals surface area contributed by atoms with Crippen molar-refractivity contribution in [2.75, 3.05) is 12.0 Å². The van der Waals surface area contributed by atoms with Crippen LogP contribution in [0.1, 0.15) is 11.1 Å². The van der Waals surface area contributed by atoms with E-state index in [-0.39, 0.29) is 12.3 Å². The van der Waals surface area contributed by atoms with Crippen molar-refractivity contribution < 1.29 is 19.1 Å². The Hall–Kier alpha value is -3.48. The molecule has 1 aliphatic heterocycles. The highest BCUT2D eigenvalue weighted by Gasteiger charge is 2.34. The molecule has 0 radical (unpaired) electrons. The van der Waals surface area contributed by atoms with Crippen molar-refractivity contribution in [3.8, 4) is 11.5 Å². The number of urea groups is 1. The normalized spacial score (nSPS) is 14.6. The molecule has 3 aromatic rings. The van der Waals surface area contributed by atoms with Crippen LogP contribution < -0.4 is 19.7 Å². The predicted molar refractivity (Wildman–Crippen MR) is 124 cm³/mol. The van der Waals surface area contributed by atoms with Crippen molar-refractivity contribution >= 4 is 46.9 Å². The fourth-order valence-corrected chi connectivity index (χ4v) is 3.59. The summed E-state index contributed by atoms with van der Waals surface area (Å²) in [5, 5.41) is 3.64. The summed E-state index contributed by atoms with van der Waals surface area (Å²) in [6, 6.07) is 18.6. The smallest absolute Gasteiger partial charge is 0.333 e. The van der Waals surface area contributed by atoms with Gasteiger partial charge in [0.2, 0.25) is 0 Å². The molecule has 1 N–H and O–H groups in total. The summed E-state index contributed by atoms with van der Waals surface area (Å²) in [6.45, 7) is 0.277. The third kappa shape index (κ3) is 4.56. The number of rotatable bonds is 6. The number of nitrogens with zero attached hydrogens (tertiary/aromatic N) is 1. The van der Waals surface area contributed by atoms with Crippen LogP contribution in [0.2, 0.25) is 10.0 Å². The van der Waals surface area contributed by atoms with Crippen LogP contribution >= 0.6 is 23.2 Å². The van der Waals surface area contributed by atoms with Gasteiger partial charge in [0.25, 0.3) is 5.91 Å². The summed E-state index contributed by atoms with van der Waals surface area (Å²) < 4.78 is 11.3. The maximum Gasteiger partial charge on any atom is 0.333 e. The van der Waals surface area contributed by atoms with Gasteiger partial charge in [0, 0.05) is 15.6 Å². The number of halogens is 2. The molecule has 3 amide bonds. The summed E-state index contributed by atoms with van der Waals surface area (Å²) in [5.41, 5.74) is 2.04. The van der Waals surface area contributed by atoms with E-state index in [1.807, 2.05) is 18.2 Å². The molecule has 0 unspecified atom stereocenters. The van der Waals surface area contributed by atoms with Crippen molar-refractivity contribution in [2.24, 2.45) is 0 Å². The molecule has 1 fully saturated rings. The van der Waals surface area contributed by atoms with Gasteiger partial charge in [-0.15, -0.1) is 0 Å². The van der Waals surface area contributed by atoms with Crippen LogP contribution in [-0.2, 0) is 11.4 Å². The maximum atomic E-state index is 12.8. The number of methoxy groups -OCH3 is 1. The summed E-state index contributed by atoms with van der Waals surface area (Å²) in [6.07, 6.45) is 1.57. The largest absolute Gasteiger partial charge is 0.493 e. The van der Waals surface area contributed by atoms with Gasteiger partial charge in [0.15, 0.2) is 11.5 Å². The number of carbonyl (C=O) groups excluding carboxylic acids is 2. The first-order chi connectivity index (χ1) is 15.5. The predicted octanol–water partition coefficient (Wildman–Crippen LogP) is 5.68. The number of carbonyl (C=O) groups is 2. The van der Waals surface area contributed by atoms with Crippen LogP contribution in [0.25, 0.3) is 6.08 Å². The van der Waals surface area contributed by atoms with E-state index >= 15 is 0 Å². The number of hydrogen-bond acceptors (Lipinski definition) is 4. The molecule has 1 aliphatic rings. The van der Waals surface area contributed by atoms with Crippen molar-refractivity contribution in [1.29, 1.82) is 0 Å². The zero-order chi connectivity index (χ0) is 22.7. The van der Waals surface area contributed by atoms with Gasteiger partial charge in [-0.1, -0.05) is 53.5 Å². The quantitative estimate of drug-likeness (QED) is 0.373. The molecule has 4 rings (SSSR count). The summed E-state index contributed by atoms with van der Waals surface area (Å²) >= 11 is 12.2. The molecule has 0 spiro atoms. The van der Waals surface area contributed by atoms with E-state index in [0.29, 0.717) is 32.8 Å². The lowest BCUT2D eigenvalue weighted by Gasteiger charge is -2.12. The van der Waals surface area contributed by atoms with Gasteiger partial charge in [0.05, 0.1) is 12.8 Å². The highest BCUT2D eigenvalue weighted by Crippen LogP contribution is 2.31. The Bertz CT molecular complexity index is 1230. The molecule has 6 nitrogen and oxygen atoms in total. The van der Waals surface area contributed by atoms with Crippen LogP contribution in [0.4, 0.5) is 10.5 Å². The third-order valence-electron chi connectivity index (χ3n) is 4.78. The van der Waals surface area contributed by atoms with Crippen molar-refractivity contribution in [2.45, 2.75) is 6.61 Å². The molecular formula is C24H18Cl2N2O4. The summed E-state index contributed by atoms with van der Waals surface area (Å²) in [7, 11) is 1.53. The van der Waals surface area contributed by atoms with Gasteiger partial charge in [-0.2, -0.15) is 0 Å². The van der Waals surface area contributed by atoms with E-state index in [4.69, 9.17) is 32.7 Å². The minimum absolute atomic E-state index is 0.141. The molecule has 0 aromatic heterocycles. The lowest BCUT2D eigenvalue weighted by molar-refractivity contribution is -0.113. The van der Waals surface area contributed by atoms with Gasteiger partial charge >= 0.3 is 6.03 Å². The van der Waals surface area contributed by atoms with Crippen LogP contribution in [0.15, 0.2) is 72.4 Å². The van der Waals surface area contributed by atoms with Gasteiger partial charge < -0.3 is 14.8 Å². The molecule has 1 heterocycles. The van der Waals surface area contributed by atoms with E-state index in [9.17, 15) is 9.59 Å². The molecule has 1 saturated heterocycles. The first kappa shape index (κ1) is 21.7. The summed E-state index contributed by atoms with van der Waals surface area (Å²) in [4.78, 5) is 26.2. The van der Waals surface area contributed by atoms with E-state index in [1.54, 1.807) is 54.6 Å². The second kappa shape index (κ2) is 9.34. The van der Waals surface area contributed by atoms with E-state index in [0.717, 1.165) is 10.5 Å². The maximum absolute atomic E-state index is 12.8. The molecule has 162 valence electrons. The van der Waals surface area contributed by atoms with Crippen molar-refractivity contribution in [3.05, 3.63) is 93.6 Å². The molecular weight excluding hydrogens is 451 g/mol. The number of imide groups is 1. The topological polar surface area (TPSA) is 67.9 Å². The number of hydrogen-bond donors (Lipinski definition) is 1. The number of anilines is 1. The average molecular weight is 469 g/mol.